The van der Waals surface area contributed by atoms with Gasteiger partial charge in [0, 0.05) is 27.8 Å². The van der Waals surface area contributed by atoms with E-state index in [1.54, 1.807) is 17.4 Å². The molecule has 1 saturated heterocycles. The van der Waals surface area contributed by atoms with Crippen molar-refractivity contribution in [2.75, 3.05) is 17.3 Å². The molecule has 1 aliphatic rings. The van der Waals surface area contributed by atoms with Crippen molar-refractivity contribution in [3.8, 4) is 0 Å². The molecular formula is C17H21N3O3S3. The van der Waals surface area contributed by atoms with Gasteiger partial charge >= 0.3 is 0 Å². The first kappa shape index (κ1) is 19.3. The fourth-order valence-electron chi connectivity index (χ4n) is 3.12. The molecule has 1 atom stereocenters. The SMILES string of the molecule is C=CCn1c(SCC(=O)c2cc(C)sc2C)nnc1C1CCS(=O)(=O)C1. The standard InChI is InChI=1S/C17H21N3O3S3/c1-4-6-20-16(13-5-7-26(22,23)10-13)18-19-17(20)24-9-15(21)14-8-11(2)25-12(14)3/h4,8,13H,1,5-7,9-10H2,2-3H3. The van der Waals surface area contributed by atoms with E-state index in [9.17, 15) is 13.2 Å². The van der Waals surface area contributed by atoms with Crippen LogP contribution in [-0.2, 0) is 16.4 Å². The Bertz CT molecular complexity index is 944. The van der Waals surface area contributed by atoms with Crippen LogP contribution in [0.5, 0.6) is 0 Å². The van der Waals surface area contributed by atoms with Crippen LogP contribution in [0.4, 0.5) is 0 Å². The number of ketones is 1. The van der Waals surface area contributed by atoms with Gasteiger partial charge in [0.15, 0.2) is 20.8 Å². The molecule has 9 heteroatoms. The quantitative estimate of drug-likeness (QED) is 0.396. The van der Waals surface area contributed by atoms with Crippen molar-refractivity contribution in [2.45, 2.75) is 37.9 Å². The van der Waals surface area contributed by atoms with Crippen molar-refractivity contribution < 1.29 is 13.2 Å². The minimum Gasteiger partial charge on any atom is -0.302 e. The highest BCUT2D eigenvalue weighted by molar-refractivity contribution is 7.99. The maximum Gasteiger partial charge on any atom is 0.191 e. The molecule has 1 unspecified atom stereocenters. The lowest BCUT2D eigenvalue weighted by Gasteiger charge is -2.11. The molecule has 0 aromatic carbocycles. The van der Waals surface area contributed by atoms with E-state index in [1.165, 1.54) is 11.8 Å². The lowest BCUT2D eigenvalue weighted by Crippen LogP contribution is -2.12. The molecule has 3 heterocycles. The predicted molar refractivity (Wildman–Crippen MR) is 105 cm³/mol. The third-order valence-electron chi connectivity index (χ3n) is 4.33. The number of nitrogens with zero attached hydrogens (tertiary/aromatic N) is 3. The molecule has 0 spiro atoms. The highest BCUT2D eigenvalue weighted by Gasteiger charge is 2.33. The van der Waals surface area contributed by atoms with Crippen molar-refractivity contribution in [1.82, 2.24) is 14.8 Å². The van der Waals surface area contributed by atoms with Gasteiger partial charge in [0.05, 0.1) is 17.3 Å². The average molecular weight is 412 g/mol. The van der Waals surface area contributed by atoms with Gasteiger partial charge < -0.3 is 4.57 Å². The fraction of sp³-hybridized carbons (Fsp3) is 0.471. The molecule has 0 saturated carbocycles. The van der Waals surface area contributed by atoms with Crippen molar-refractivity contribution >= 4 is 38.7 Å². The number of allylic oxidation sites excluding steroid dienone is 1. The van der Waals surface area contributed by atoms with Crippen molar-refractivity contribution in [2.24, 2.45) is 0 Å². The fourth-order valence-corrected chi connectivity index (χ4v) is 6.64. The van der Waals surface area contributed by atoms with E-state index in [0.29, 0.717) is 23.9 Å². The van der Waals surface area contributed by atoms with Gasteiger partial charge in [0.1, 0.15) is 5.82 Å². The van der Waals surface area contributed by atoms with E-state index in [-0.39, 0.29) is 29.0 Å². The Balaban J connectivity index is 1.77. The summed E-state index contributed by atoms with van der Waals surface area (Å²) in [7, 11) is -3.00. The van der Waals surface area contributed by atoms with E-state index in [2.05, 4.69) is 16.8 Å². The smallest absolute Gasteiger partial charge is 0.191 e. The average Bonchev–Trinajstić information content (AvgIpc) is 3.23. The van der Waals surface area contributed by atoms with Crippen molar-refractivity contribution in [3.05, 3.63) is 39.9 Å². The van der Waals surface area contributed by atoms with Crippen LogP contribution >= 0.6 is 23.1 Å². The topological polar surface area (TPSA) is 81.9 Å². The summed E-state index contributed by atoms with van der Waals surface area (Å²) in [6.07, 6.45) is 2.29. The highest BCUT2D eigenvalue weighted by atomic mass is 32.2. The molecule has 2 aromatic rings. The van der Waals surface area contributed by atoms with Gasteiger partial charge in [-0.05, 0) is 26.3 Å². The summed E-state index contributed by atoms with van der Waals surface area (Å²) in [4.78, 5) is 14.6. The Labute approximate surface area is 161 Å². The number of hydrogen-bond acceptors (Lipinski definition) is 7. The number of aryl methyl sites for hydroxylation is 2. The number of Topliss-reactive ketones (excluding diaryl/α,β-unsaturated/α-hetero) is 1. The second-order valence-corrected chi connectivity index (χ2v) is 11.0. The van der Waals surface area contributed by atoms with E-state index in [1.807, 2.05) is 24.5 Å². The van der Waals surface area contributed by atoms with E-state index in [0.717, 1.165) is 15.3 Å². The van der Waals surface area contributed by atoms with Crippen molar-refractivity contribution in [1.29, 1.82) is 0 Å². The van der Waals surface area contributed by atoms with Crippen LogP contribution in [0.2, 0.25) is 0 Å². The Kier molecular flexibility index (Phi) is 5.69. The summed E-state index contributed by atoms with van der Waals surface area (Å²) in [5, 5.41) is 9.06. The zero-order valence-corrected chi connectivity index (χ0v) is 17.2. The molecule has 0 radical (unpaired) electrons. The van der Waals surface area contributed by atoms with E-state index < -0.39 is 9.84 Å². The molecule has 2 aromatic heterocycles. The molecule has 0 amide bonds. The Morgan fingerprint density at radius 2 is 2.23 bits per heavy atom. The van der Waals surface area contributed by atoms with Crippen LogP contribution in [0.25, 0.3) is 0 Å². The van der Waals surface area contributed by atoms with Crippen LogP contribution in [0, 0.1) is 13.8 Å². The van der Waals surface area contributed by atoms with Gasteiger partial charge in [-0.15, -0.1) is 28.1 Å². The molecule has 0 aliphatic carbocycles. The second kappa shape index (κ2) is 7.66. The third kappa shape index (κ3) is 4.10. The Morgan fingerprint density at radius 3 is 2.81 bits per heavy atom. The number of rotatable bonds is 7. The zero-order chi connectivity index (χ0) is 18.9. The third-order valence-corrected chi connectivity index (χ3v) is 8.03. The van der Waals surface area contributed by atoms with Crippen LogP contribution < -0.4 is 0 Å². The highest BCUT2D eigenvalue weighted by Crippen LogP contribution is 2.30. The molecule has 1 fully saturated rings. The first-order valence-electron chi connectivity index (χ1n) is 8.28. The summed E-state index contributed by atoms with van der Waals surface area (Å²) in [6, 6.07) is 1.92. The van der Waals surface area contributed by atoms with Gasteiger partial charge in [-0.25, -0.2) is 8.42 Å². The second-order valence-electron chi connectivity index (χ2n) is 6.38. The minimum atomic E-state index is -3.00. The first-order valence-corrected chi connectivity index (χ1v) is 11.9. The molecule has 1 aliphatic heterocycles. The predicted octanol–water partition coefficient (Wildman–Crippen LogP) is 3.02. The molecular weight excluding hydrogens is 390 g/mol. The molecule has 6 nitrogen and oxygen atoms in total. The van der Waals surface area contributed by atoms with Gasteiger partial charge in [-0.1, -0.05) is 17.8 Å². The van der Waals surface area contributed by atoms with E-state index >= 15 is 0 Å². The van der Waals surface area contributed by atoms with Crippen molar-refractivity contribution in [3.63, 3.8) is 0 Å². The van der Waals surface area contributed by atoms with Gasteiger partial charge in [-0.3, -0.25) is 4.79 Å². The van der Waals surface area contributed by atoms with Gasteiger partial charge in [-0.2, -0.15) is 0 Å². The Hall–Kier alpha value is -1.45. The molecule has 26 heavy (non-hydrogen) atoms. The zero-order valence-electron chi connectivity index (χ0n) is 14.8. The number of aromatic nitrogens is 3. The summed E-state index contributed by atoms with van der Waals surface area (Å²) in [6.45, 7) is 8.20. The summed E-state index contributed by atoms with van der Waals surface area (Å²) in [5.74, 6) is 1.17. The maximum atomic E-state index is 12.5. The largest absolute Gasteiger partial charge is 0.302 e. The van der Waals surface area contributed by atoms with Crippen LogP contribution in [0.15, 0.2) is 23.9 Å². The first-order chi connectivity index (χ1) is 12.3. The maximum absolute atomic E-state index is 12.5. The lowest BCUT2D eigenvalue weighted by molar-refractivity contribution is 0.102. The number of hydrogen-bond donors (Lipinski definition) is 0. The van der Waals surface area contributed by atoms with Crippen LogP contribution in [0.1, 0.15) is 38.3 Å². The van der Waals surface area contributed by atoms with Gasteiger partial charge in [0.25, 0.3) is 0 Å². The lowest BCUT2D eigenvalue weighted by atomic mass is 10.1. The summed E-state index contributed by atoms with van der Waals surface area (Å²) >= 11 is 2.95. The number of thiophene rings is 1. The Morgan fingerprint density at radius 1 is 1.46 bits per heavy atom. The minimum absolute atomic E-state index is 0.0648. The number of thioether (sulfide) groups is 1. The monoisotopic (exact) mass is 411 g/mol. The number of carbonyl (C=O) groups is 1. The molecule has 0 N–H and O–H groups in total. The van der Waals surface area contributed by atoms with E-state index in [4.69, 9.17) is 0 Å². The number of sulfone groups is 1. The normalized spacial score (nSPS) is 18.9. The summed E-state index contributed by atoms with van der Waals surface area (Å²) < 4.78 is 25.4. The molecule has 140 valence electrons. The van der Waals surface area contributed by atoms with Crippen LogP contribution in [-0.4, -0.2) is 46.2 Å². The summed E-state index contributed by atoms with van der Waals surface area (Å²) in [5.41, 5.74) is 0.761. The number of carbonyl (C=O) groups excluding carboxylic acids is 1. The molecule has 0 bridgehead atoms. The van der Waals surface area contributed by atoms with Crippen LogP contribution in [0.3, 0.4) is 0 Å². The van der Waals surface area contributed by atoms with Gasteiger partial charge in [0.2, 0.25) is 0 Å². The molecule has 3 rings (SSSR count).